The Balaban J connectivity index is 1.88. The van der Waals surface area contributed by atoms with Crippen LogP contribution in [0.25, 0.3) is 0 Å². The van der Waals surface area contributed by atoms with Gasteiger partial charge in [-0.15, -0.1) is 0 Å². The average Bonchev–Trinajstić information content (AvgIpc) is 3.09. The molecule has 20 heavy (non-hydrogen) atoms. The second kappa shape index (κ2) is 5.29. The maximum Gasteiger partial charge on any atom is 0.161 e. The van der Waals surface area contributed by atoms with E-state index in [1.165, 1.54) is 11.1 Å². The van der Waals surface area contributed by atoms with Crippen LogP contribution in [0.3, 0.4) is 0 Å². The number of rotatable bonds is 4. The number of benzene rings is 1. The fourth-order valence-electron chi connectivity index (χ4n) is 3.19. The first-order valence-corrected chi connectivity index (χ1v) is 7.16. The Bertz CT molecular complexity index is 559. The molecule has 1 aromatic heterocycles. The Morgan fingerprint density at radius 1 is 1.35 bits per heavy atom. The highest BCUT2D eigenvalue weighted by Crippen LogP contribution is 2.36. The van der Waals surface area contributed by atoms with Crippen molar-refractivity contribution in [3.8, 4) is 5.75 Å². The van der Waals surface area contributed by atoms with Gasteiger partial charge >= 0.3 is 0 Å². The third-order valence-corrected chi connectivity index (χ3v) is 4.27. The van der Waals surface area contributed by atoms with Crippen LogP contribution in [-0.2, 0) is 19.4 Å². The molecule has 0 fully saturated rings. The van der Waals surface area contributed by atoms with Crippen molar-refractivity contribution in [3.05, 3.63) is 47.3 Å². The van der Waals surface area contributed by atoms with Gasteiger partial charge in [0.05, 0.1) is 25.0 Å². The molecule has 4 nitrogen and oxygen atoms in total. The second-order valence-corrected chi connectivity index (χ2v) is 5.38. The Labute approximate surface area is 119 Å². The topological polar surface area (TPSA) is 53.1 Å². The van der Waals surface area contributed by atoms with E-state index in [9.17, 15) is 0 Å². The van der Waals surface area contributed by atoms with E-state index in [0.717, 1.165) is 30.8 Å². The first-order valence-electron chi connectivity index (χ1n) is 7.16. The molecule has 0 spiro atoms. The molecule has 1 unspecified atom stereocenters. The molecule has 0 saturated carbocycles. The van der Waals surface area contributed by atoms with E-state index in [-0.39, 0.29) is 6.04 Å². The molecule has 2 N–H and O–H groups in total. The summed E-state index contributed by atoms with van der Waals surface area (Å²) in [5, 5.41) is 4.36. The van der Waals surface area contributed by atoms with Gasteiger partial charge in [0.15, 0.2) is 5.75 Å². The maximum absolute atomic E-state index is 6.54. The molecule has 3 rings (SSSR count). The summed E-state index contributed by atoms with van der Waals surface area (Å²) in [5.74, 6) is 1.22. The standard InChI is InChI=1S/C16H21N3O/c1-3-19-16(14(20-2)10-18-19)15(17)13-8-11-6-4-5-7-12(11)9-13/h4-7,10,13,15H,3,8-9,17H2,1-2H3. The van der Waals surface area contributed by atoms with Crippen LogP contribution in [0.1, 0.15) is 29.8 Å². The zero-order valence-corrected chi connectivity index (χ0v) is 12.0. The molecular weight excluding hydrogens is 250 g/mol. The van der Waals surface area contributed by atoms with E-state index in [1.807, 2.05) is 4.68 Å². The van der Waals surface area contributed by atoms with Gasteiger partial charge in [-0.3, -0.25) is 4.68 Å². The Morgan fingerprint density at radius 3 is 2.55 bits per heavy atom. The lowest BCUT2D eigenvalue weighted by atomic mass is 9.94. The van der Waals surface area contributed by atoms with Crippen molar-refractivity contribution in [2.45, 2.75) is 32.4 Å². The van der Waals surface area contributed by atoms with Crippen LogP contribution >= 0.6 is 0 Å². The Kier molecular flexibility index (Phi) is 3.49. The van der Waals surface area contributed by atoms with Gasteiger partial charge in [0.25, 0.3) is 0 Å². The molecule has 1 aliphatic rings. The fourth-order valence-corrected chi connectivity index (χ4v) is 3.19. The number of hydrogen-bond acceptors (Lipinski definition) is 3. The lowest BCUT2D eigenvalue weighted by Crippen LogP contribution is -2.25. The van der Waals surface area contributed by atoms with Gasteiger partial charge in [-0.1, -0.05) is 24.3 Å². The van der Waals surface area contributed by atoms with Crippen LogP contribution in [0.15, 0.2) is 30.5 Å². The van der Waals surface area contributed by atoms with E-state index in [1.54, 1.807) is 13.3 Å². The predicted molar refractivity (Wildman–Crippen MR) is 78.7 cm³/mol. The third kappa shape index (κ3) is 2.10. The molecule has 106 valence electrons. The van der Waals surface area contributed by atoms with Crippen LogP contribution < -0.4 is 10.5 Å². The number of methoxy groups -OCH3 is 1. The van der Waals surface area contributed by atoms with Crippen LogP contribution in [0, 0.1) is 5.92 Å². The van der Waals surface area contributed by atoms with Crippen molar-refractivity contribution >= 4 is 0 Å². The van der Waals surface area contributed by atoms with Crippen molar-refractivity contribution in [2.75, 3.05) is 7.11 Å². The molecule has 2 aromatic rings. The van der Waals surface area contributed by atoms with Gasteiger partial charge in [-0.2, -0.15) is 5.10 Å². The molecule has 4 heteroatoms. The van der Waals surface area contributed by atoms with Gasteiger partial charge < -0.3 is 10.5 Å². The van der Waals surface area contributed by atoms with Crippen LogP contribution in [0.5, 0.6) is 5.75 Å². The molecule has 0 saturated heterocycles. The maximum atomic E-state index is 6.54. The molecule has 0 aliphatic heterocycles. The zero-order valence-electron chi connectivity index (χ0n) is 12.0. The molecule has 1 atom stereocenters. The normalized spacial score (nSPS) is 16.1. The average molecular weight is 271 g/mol. The summed E-state index contributed by atoms with van der Waals surface area (Å²) >= 11 is 0. The van der Waals surface area contributed by atoms with Gasteiger partial charge in [-0.25, -0.2) is 0 Å². The van der Waals surface area contributed by atoms with Gasteiger partial charge in [0, 0.05) is 6.54 Å². The summed E-state index contributed by atoms with van der Waals surface area (Å²) < 4.78 is 7.37. The molecule has 0 radical (unpaired) electrons. The van der Waals surface area contributed by atoms with Crippen molar-refractivity contribution in [2.24, 2.45) is 11.7 Å². The number of aromatic nitrogens is 2. The predicted octanol–water partition coefficient (Wildman–Crippen LogP) is 2.33. The number of nitrogens with zero attached hydrogens (tertiary/aromatic N) is 2. The Morgan fingerprint density at radius 2 is 2.00 bits per heavy atom. The van der Waals surface area contributed by atoms with E-state index < -0.39 is 0 Å². The van der Waals surface area contributed by atoms with Crippen molar-refractivity contribution in [3.63, 3.8) is 0 Å². The van der Waals surface area contributed by atoms with Crippen LogP contribution in [0.4, 0.5) is 0 Å². The number of fused-ring (bicyclic) bond motifs is 1. The van der Waals surface area contributed by atoms with Crippen molar-refractivity contribution < 1.29 is 4.74 Å². The summed E-state index contributed by atoms with van der Waals surface area (Å²) in [7, 11) is 1.68. The van der Waals surface area contributed by atoms with Crippen molar-refractivity contribution in [1.29, 1.82) is 0 Å². The minimum absolute atomic E-state index is 0.0419. The van der Waals surface area contributed by atoms with Crippen LogP contribution in [0.2, 0.25) is 0 Å². The number of nitrogens with two attached hydrogens (primary N) is 1. The summed E-state index contributed by atoms with van der Waals surface area (Å²) in [5.41, 5.74) is 10.4. The molecule has 1 aromatic carbocycles. The van der Waals surface area contributed by atoms with Crippen LogP contribution in [-0.4, -0.2) is 16.9 Å². The highest BCUT2D eigenvalue weighted by atomic mass is 16.5. The summed E-state index contributed by atoms with van der Waals surface area (Å²) in [6.07, 6.45) is 3.84. The van der Waals surface area contributed by atoms with Gasteiger partial charge in [-0.05, 0) is 36.8 Å². The van der Waals surface area contributed by atoms with Crippen molar-refractivity contribution in [1.82, 2.24) is 9.78 Å². The summed E-state index contributed by atoms with van der Waals surface area (Å²) in [4.78, 5) is 0. The zero-order chi connectivity index (χ0) is 14.1. The molecular formula is C16H21N3O. The highest BCUT2D eigenvalue weighted by Gasteiger charge is 2.31. The minimum Gasteiger partial charge on any atom is -0.493 e. The Hall–Kier alpha value is -1.81. The summed E-state index contributed by atoms with van der Waals surface area (Å²) in [6, 6.07) is 8.57. The second-order valence-electron chi connectivity index (χ2n) is 5.38. The van der Waals surface area contributed by atoms with E-state index in [2.05, 4.69) is 36.3 Å². The monoisotopic (exact) mass is 271 g/mol. The summed E-state index contributed by atoms with van der Waals surface area (Å²) in [6.45, 7) is 2.89. The lowest BCUT2D eigenvalue weighted by Gasteiger charge is -2.21. The fraction of sp³-hybridized carbons (Fsp3) is 0.438. The lowest BCUT2D eigenvalue weighted by molar-refractivity contribution is 0.374. The molecule has 0 amide bonds. The highest BCUT2D eigenvalue weighted by molar-refractivity contribution is 5.35. The number of ether oxygens (including phenoxy) is 1. The SMILES string of the molecule is CCn1ncc(OC)c1C(N)C1Cc2ccccc2C1. The number of aryl methyl sites for hydroxylation is 1. The minimum atomic E-state index is -0.0419. The smallest absolute Gasteiger partial charge is 0.161 e. The first-order chi connectivity index (χ1) is 9.74. The van der Waals surface area contributed by atoms with Gasteiger partial charge in [0.2, 0.25) is 0 Å². The van der Waals surface area contributed by atoms with E-state index >= 15 is 0 Å². The molecule has 1 aliphatic carbocycles. The molecule has 1 heterocycles. The molecule has 0 bridgehead atoms. The third-order valence-electron chi connectivity index (χ3n) is 4.27. The number of hydrogen-bond donors (Lipinski definition) is 1. The van der Waals surface area contributed by atoms with Gasteiger partial charge in [0.1, 0.15) is 0 Å². The first kappa shape index (κ1) is 13.2. The van der Waals surface area contributed by atoms with E-state index in [4.69, 9.17) is 10.5 Å². The largest absolute Gasteiger partial charge is 0.493 e. The van der Waals surface area contributed by atoms with E-state index in [0.29, 0.717) is 5.92 Å². The quantitative estimate of drug-likeness (QED) is 0.928.